The van der Waals surface area contributed by atoms with Crippen molar-refractivity contribution in [2.24, 2.45) is 0 Å². The number of para-hydroxylation sites is 2. The van der Waals surface area contributed by atoms with E-state index in [0.717, 1.165) is 11.1 Å². The second kappa shape index (κ2) is 8.71. The molecule has 0 radical (unpaired) electrons. The highest BCUT2D eigenvalue weighted by molar-refractivity contribution is 6.00. The molecular weight excluding hydrogens is 358 g/mol. The highest BCUT2D eigenvalue weighted by atomic mass is 16.6. The van der Waals surface area contributed by atoms with Crippen molar-refractivity contribution in [2.45, 2.75) is 26.6 Å². The van der Waals surface area contributed by atoms with Gasteiger partial charge in [-0.3, -0.25) is 4.79 Å². The first-order chi connectivity index (χ1) is 13.5. The van der Waals surface area contributed by atoms with E-state index in [2.05, 4.69) is 0 Å². The maximum Gasteiger partial charge on any atom is 0.375 e. The molecule has 0 saturated carbocycles. The second-order valence-electron chi connectivity index (χ2n) is 6.32. The Morgan fingerprint density at radius 3 is 2.46 bits per heavy atom. The predicted octanol–water partition coefficient (Wildman–Crippen LogP) is 4.18. The molecule has 1 atom stereocenters. The van der Waals surface area contributed by atoms with Crippen molar-refractivity contribution >= 4 is 28.5 Å². The van der Waals surface area contributed by atoms with Gasteiger partial charge in [0.1, 0.15) is 5.58 Å². The largest absolute Gasteiger partial charge is 0.449 e. The van der Waals surface area contributed by atoms with Crippen LogP contribution in [0.5, 0.6) is 0 Å². The highest BCUT2D eigenvalue weighted by Crippen LogP contribution is 2.27. The molecule has 146 valence electrons. The van der Waals surface area contributed by atoms with E-state index in [0.29, 0.717) is 17.8 Å². The molecule has 3 rings (SSSR count). The topological polar surface area (TPSA) is 69.0 Å². The molecule has 2 aromatic carbocycles. The van der Waals surface area contributed by atoms with Gasteiger partial charge >= 0.3 is 5.97 Å². The van der Waals surface area contributed by atoms with Crippen LogP contribution in [0.4, 0.5) is 5.69 Å². The molecule has 1 amide bonds. The van der Waals surface area contributed by atoms with E-state index < -0.39 is 12.1 Å². The summed E-state index contributed by atoms with van der Waals surface area (Å²) in [5.74, 6) is -0.952. The molecule has 0 saturated heterocycles. The Balaban J connectivity index is 1.79. The second-order valence-corrected chi connectivity index (χ2v) is 6.32. The molecule has 6 heteroatoms. The number of nitrogens with zero attached hydrogens (tertiary/aromatic N) is 1. The van der Waals surface area contributed by atoms with Crippen molar-refractivity contribution in [1.82, 2.24) is 0 Å². The maximum atomic E-state index is 12.7. The molecule has 1 aromatic heterocycles. The van der Waals surface area contributed by atoms with Gasteiger partial charge in [-0.25, -0.2) is 4.79 Å². The number of rotatable bonds is 7. The first-order valence-electron chi connectivity index (χ1n) is 9.14. The number of hydrogen-bond acceptors (Lipinski definition) is 5. The summed E-state index contributed by atoms with van der Waals surface area (Å²) < 4.78 is 16.6. The molecule has 1 heterocycles. The summed E-state index contributed by atoms with van der Waals surface area (Å²) in [6.45, 7) is 4.15. The van der Waals surface area contributed by atoms with E-state index in [1.807, 2.05) is 55.5 Å². The fourth-order valence-corrected chi connectivity index (χ4v) is 2.93. The standard InChI is InChI=1S/C22H23NO5/c1-4-26-14-18-17-12-8-9-13-19(17)28-20(18)22(25)27-15(2)21(24)23(3)16-10-6-5-7-11-16/h5-13,15H,4,14H2,1-3H3/t15-/m0/s1. The first kappa shape index (κ1) is 19.6. The van der Waals surface area contributed by atoms with Crippen LogP contribution in [-0.2, 0) is 20.9 Å². The number of fused-ring (bicyclic) bond motifs is 1. The van der Waals surface area contributed by atoms with E-state index >= 15 is 0 Å². The van der Waals surface area contributed by atoms with Gasteiger partial charge in [0, 0.05) is 30.3 Å². The lowest BCUT2D eigenvalue weighted by atomic mass is 10.1. The zero-order valence-corrected chi connectivity index (χ0v) is 16.2. The number of anilines is 1. The van der Waals surface area contributed by atoms with Crippen LogP contribution in [0.3, 0.4) is 0 Å². The van der Waals surface area contributed by atoms with Crippen LogP contribution in [0.1, 0.15) is 30.0 Å². The summed E-state index contributed by atoms with van der Waals surface area (Å²) in [6.07, 6.45) is -0.967. The molecule has 0 bridgehead atoms. The van der Waals surface area contributed by atoms with Crippen LogP contribution >= 0.6 is 0 Å². The van der Waals surface area contributed by atoms with Crippen LogP contribution in [-0.4, -0.2) is 31.6 Å². The Morgan fingerprint density at radius 2 is 1.75 bits per heavy atom. The third kappa shape index (κ3) is 4.07. The molecule has 0 N–H and O–H groups in total. The maximum absolute atomic E-state index is 12.7. The molecule has 0 aliphatic carbocycles. The van der Waals surface area contributed by atoms with E-state index in [1.54, 1.807) is 20.0 Å². The number of ether oxygens (including phenoxy) is 2. The van der Waals surface area contributed by atoms with Gasteiger partial charge in [-0.1, -0.05) is 36.4 Å². The molecule has 0 spiro atoms. The van der Waals surface area contributed by atoms with Crippen molar-refractivity contribution < 1.29 is 23.5 Å². The molecule has 0 fully saturated rings. The molecule has 0 unspecified atom stereocenters. The van der Waals surface area contributed by atoms with E-state index in [-0.39, 0.29) is 18.3 Å². The number of hydrogen-bond donors (Lipinski definition) is 0. The lowest BCUT2D eigenvalue weighted by Crippen LogP contribution is -2.37. The minimum Gasteiger partial charge on any atom is -0.449 e. The van der Waals surface area contributed by atoms with Crippen molar-refractivity contribution in [1.29, 1.82) is 0 Å². The predicted molar refractivity (Wildman–Crippen MR) is 106 cm³/mol. The van der Waals surface area contributed by atoms with Gasteiger partial charge < -0.3 is 18.8 Å². The van der Waals surface area contributed by atoms with Crippen LogP contribution in [0.25, 0.3) is 11.0 Å². The Morgan fingerprint density at radius 1 is 1.07 bits per heavy atom. The fraction of sp³-hybridized carbons (Fsp3) is 0.273. The van der Waals surface area contributed by atoms with Gasteiger partial charge in [0.2, 0.25) is 5.76 Å². The first-order valence-corrected chi connectivity index (χ1v) is 9.14. The molecule has 0 aliphatic heterocycles. The number of carbonyl (C=O) groups excluding carboxylic acids is 2. The van der Waals surface area contributed by atoms with E-state index in [1.165, 1.54) is 4.90 Å². The summed E-state index contributed by atoms with van der Waals surface area (Å²) in [5.41, 5.74) is 1.92. The van der Waals surface area contributed by atoms with Crippen LogP contribution in [0, 0.1) is 0 Å². The quantitative estimate of drug-likeness (QED) is 0.574. The molecule has 0 aliphatic rings. The zero-order valence-electron chi connectivity index (χ0n) is 16.2. The smallest absolute Gasteiger partial charge is 0.375 e. The number of amides is 1. The Labute approximate surface area is 163 Å². The Hall–Kier alpha value is -3.12. The van der Waals surface area contributed by atoms with Crippen LogP contribution in [0.2, 0.25) is 0 Å². The van der Waals surface area contributed by atoms with Gasteiger partial charge in [0.05, 0.1) is 6.61 Å². The lowest BCUT2D eigenvalue weighted by molar-refractivity contribution is -0.126. The average molecular weight is 381 g/mol. The fourth-order valence-electron chi connectivity index (χ4n) is 2.93. The van der Waals surface area contributed by atoms with Gasteiger partial charge in [-0.05, 0) is 32.0 Å². The van der Waals surface area contributed by atoms with E-state index in [4.69, 9.17) is 13.9 Å². The van der Waals surface area contributed by atoms with E-state index in [9.17, 15) is 9.59 Å². The Bertz CT molecular complexity index is 963. The molecular formula is C22H23NO5. The van der Waals surface area contributed by atoms with Gasteiger partial charge in [-0.15, -0.1) is 0 Å². The summed E-state index contributed by atoms with van der Waals surface area (Å²) in [4.78, 5) is 26.8. The van der Waals surface area contributed by atoms with Crippen molar-refractivity contribution in [3.63, 3.8) is 0 Å². The lowest BCUT2D eigenvalue weighted by Gasteiger charge is -2.21. The van der Waals surface area contributed by atoms with Crippen molar-refractivity contribution in [3.8, 4) is 0 Å². The third-order valence-electron chi connectivity index (χ3n) is 4.44. The summed E-state index contributed by atoms with van der Waals surface area (Å²) in [6, 6.07) is 16.5. The minimum absolute atomic E-state index is 0.0664. The van der Waals surface area contributed by atoms with Crippen LogP contribution in [0.15, 0.2) is 59.0 Å². The average Bonchev–Trinajstić information content (AvgIpc) is 3.10. The number of benzene rings is 2. The summed E-state index contributed by atoms with van der Waals surface area (Å²) in [5, 5.41) is 0.795. The number of furan rings is 1. The minimum atomic E-state index is -0.967. The SMILES string of the molecule is CCOCc1c(C(=O)O[C@@H](C)C(=O)N(C)c2ccccc2)oc2ccccc12. The third-order valence-corrected chi connectivity index (χ3v) is 4.44. The number of carbonyl (C=O) groups is 2. The summed E-state index contributed by atoms with van der Waals surface area (Å²) >= 11 is 0. The Kier molecular flexibility index (Phi) is 6.11. The van der Waals surface area contributed by atoms with Crippen molar-refractivity contribution in [3.05, 3.63) is 65.9 Å². The van der Waals surface area contributed by atoms with Gasteiger partial charge in [0.15, 0.2) is 6.10 Å². The monoisotopic (exact) mass is 381 g/mol. The molecule has 28 heavy (non-hydrogen) atoms. The molecule has 6 nitrogen and oxygen atoms in total. The van der Waals surface area contributed by atoms with Gasteiger partial charge in [-0.2, -0.15) is 0 Å². The number of esters is 1. The number of likely N-dealkylation sites (N-methyl/N-ethyl adjacent to an activating group) is 1. The highest BCUT2D eigenvalue weighted by Gasteiger charge is 2.27. The van der Waals surface area contributed by atoms with Crippen molar-refractivity contribution in [2.75, 3.05) is 18.6 Å². The molecule has 3 aromatic rings. The normalized spacial score (nSPS) is 12.0. The van der Waals surface area contributed by atoms with Crippen LogP contribution < -0.4 is 4.90 Å². The van der Waals surface area contributed by atoms with Gasteiger partial charge in [0.25, 0.3) is 5.91 Å². The zero-order chi connectivity index (χ0) is 20.1. The summed E-state index contributed by atoms with van der Waals surface area (Å²) in [7, 11) is 1.64.